The number of nitrogens with zero attached hydrogens (tertiary/aromatic N) is 1. The van der Waals surface area contributed by atoms with Gasteiger partial charge in [-0.2, -0.15) is 0 Å². The van der Waals surface area contributed by atoms with Crippen LogP contribution in [0.25, 0.3) is 0 Å². The number of hydrogen-bond acceptors (Lipinski definition) is 5. The minimum absolute atomic E-state index is 0.0543. The van der Waals surface area contributed by atoms with Crippen LogP contribution in [0.1, 0.15) is 70.8 Å². The number of anilines is 1. The number of ether oxygens (including phenoxy) is 1. The number of furan rings is 1. The number of thiophene rings is 1. The molecule has 1 amide bonds. The van der Waals surface area contributed by atoms with Gasteiger partial charge in [0.1, 0.15) is 10.8 Å². The molecule has 174 valence electrons. The first kappa shape index (κ1) is 22.2. The van der Waals surface area contributed by atoms with Crippen molar-refractivity contribution in [2.24, 2.45) is 5.92 Å². The number of carbonyl (C=O) groups is 1. The zero-order chi connectivity index (χ0) is 22.8. The lowest BCUT2D eigenvalue weighted by atomic mass is 9.87. The summed E-state index contributed by atoms with van der Waals surface area (Å²) >= 11 is 1.75. The molecule has 1 aromatic carbocycles. The van der Waals surface area contributed by atoms with Crippen molar-refractivity contribution in [3.63, 3.8) is 0 Å². The summed E-state index contributed by atoms with van der Waals surface area (Å²) in [5.74, 6) is 1.80. The lowest BCUT2D eigenvalue weighted by Crippen LogP contribution is -2.37. The number of amides is 1. The van der Waals surface area contributed by atoms with Crippen molar-refractivity contribution >= 4 is 22.2 Å². The summed E-state index contributed by atoms with van der Waals surface area (Å²) in [6, 6.07) is 11.9. The zero-order valence-electron chi connectivity index (χ0n) is 19.4. The van der Waals surface area contributed by atoms with E-state index in [0.717, 1.165) is 42.6 Å². The Morgan fingerprint density at radius 1 is 1.15 bits per heavy atom. The Bertz CT molecular complexity index is 1100. The van der Waals surface area contributed by atoms with Gasteiger partial charge in [-0.05, 0) is 81.3 Å². The Balaban J connectivity index is 1.63. The van der Waals surface area contributed by atoms with Crippen molar-refractivity contribution < 1.29 is 13.9 Å². The number of fused-ring (bicyclic) bond motifs is 1. The fraction of sp³-hybridized carbons (Fsp3) is 0.444. The van der Waals surface area contributed by atoms with E-state index in [0.29, 0.717) is 5.76 Å². The van der Waals surface area contributed by atoms with Gasteiger partial charge in [-0.25, -0.2) is 0 Å². The molecule has 0 unspecified atom stereocenters. The molecule has 0 radical (unpaired) electrons. The molecule has 1 fully saturated rings. The largest absolute Gasteiger partial charge is 0.496 e. The van der Waals surface area contributed by atoms with Gasteiger partial charge in [-0.15, -0.1) is 11.3 Å². The van der Waals surface area contributed by atoms with Gasteiger partial charge in [0.25, 0.3) is 5.91 Å². The van der Waals surface area contributed by atoms with E-state index in [9.17, 15) is 4.79 Å². The van der Waals surface area contributed by atoms with Gasteiger partial charge in [0.05, 0.1) is 19.4 Å². The van der Waals surface area contributed by atoms with Crippen molar-refractivity contribution in [2.75, 3.05) is 25.5 Å². The molecule has 0 bridgehead atoms. The molecule has 5 rings (SSSR count). The monoisotopic (exact) mass is 464 g/mol. The number of rotatable bonds is 6. The van der Waals surface area contributed by atoms with Crippen LogP contribution in [-0.2, 0) is 12.8 Å². The molecule has 1 N–H and O–H groups in total. The van der Waals surface area contributed by atoms with E-state index in [1.165, 1.54) is 47.3 Å². The standard InChI is InChI=1S/C27H32N2O3S/c1-18-13-15-29(16-14-18)25(19-8-3-5-10-21(19)31-2)24-20-9-4-6-12-23(20)33-27(24)28-26(30)22-11-7-17-32-22/h3,5,7-8,10-11,17-18,25H,4,6,9,12-16H2,1-2H3,(H,28,30)/t25-/m0/s1. The second-order valence-corrected chi connectivity index (χ2v) is 10.4. The molecule has 5 nitrogen and oxygen atoms in total. The molecule has 1 aliphatic heterocycles. The van der Waals surface area contributed by atoms with Crippen molar-refractivity contribution in [3.05, 3.63) is 70.0 Å². The fourth-order valence-corrected chi connectivity index (χ4v) is 6.58. The molecule has 6 heteroatoms. The fourth-order valence-electron chi connectivity index (χ4n) is 5.26. The van der Waals surface area contributed by atoms with Crippen LogP contribution in [0, 0.1) is 5.92 Å². The number of aryl methyl sites for hydroxylation is 1. The highest BCUT2D eigenvalue weighted by atomic mass is 32.1. The lowest BCUT2D eigenvalue weighted by molar-refractivity contribution is 0.0996. The summed E-state index contributed by atoms with van der Waals surface area (Å²) in [5.41, 5.74) is 3.86. The second-order valence-electron chi connectivity index (χ2n) is 9.25. The summed E-state index contributed by atoms with van der Waals surface area (Å²) in [6.07, 6.45) is 8.46. The summed E-state index contributed by atoms with van der Waals surface area (Å²) in [6.45, 7) is 4.43. The Kier molecular flexibility index (Phi) is 6.56. The average Bonchev–Trinajstić information content (AvgIpc) is 3.50. The minimum atomic E-state index is -0.189. The third kappa shape index (κ3) is 4.46. The van der Waals surface area contributed by atoms with E-state index in [4.69, 9.17) is 9.15 Å². The predicted octanol–water partition coefficient (Wildman–Crippen LogP) is 6.30. The summed E-state index contributed by atoms with van der Waals surface area (Å²) in [7, 11) is 1.75. The van der Waals surface area contributed by atoms with Crippen LogP contribution in [0.5, 0.6) is 5.75 Å². The van der Waals surface area contributed by atoms with E-state index in [2.05, 4.69) is 35.3 Å². The number of methoxy groups -OCH3 is 1. The molecule has 2 aliphatic rings. The van der Waals surface area contributed by atoms with E-state index < -0.39 is 0 Å². The molecular formula is C27H32N2O3S. The number of nitrogens with one attached hydrogen (secondary N) is 1. The van der Waals surface area contributed by atoms with Crippen LogP contribution >= 0.6 is 11.3 Å². The number of carbonyl (C=O) groups excluding carboxylic acids is 1. The average molecular weight is 465 g/mol. The van der Waals surface area contributed by atoms with Crippen molar-refractivity contribution in [1.82, 2.24) is 4.90 Å². The number of benzene rings is 1. The number of piperidine rings is 1. The topological polar surface area (TPSA) is 54.7 Å². The highest BCUT2D eigenvalue weighted by molar-refractivity contribution is 7.16. The summed E-state index contributed by atoms with van der Waals surface area (Å²) in [5, 5.41) is 4.18. The zero-order valence-corrected chi connectivity index (χ0v) is 20.2. The van der Waals surface area contributed by atoms with Gasteiger partial charge in [-0.3, -0.25) is 9.69 Å². The predicted molar refractivity (Wildman–Crippen MR) is 132 cm³/mol. The normalized spacial score (nSPS) is 18.0. The van der Waals surface area contributed by atoms with Crippen molar-refractivity contribution in [1.29, 1.82) is 0 Å². The molecule has 3 aromatic rings. The number of hydrogen-bond donors (Lipinski definition) is 1. The highest BCUT2D eigenvalue weighted by Gasteiger charge is 2.35. The molecule has 1 saturated heterocycles. The lowest BCUT2D eigenvalue weighted by Gasteiger charge is -2.38. The van der Waals surface area contributed by atoms with E-state index in [-0.39, 0.29) is 11.9 Å². The molecule has 3 heterocycles. The van der Waals surface area contributed by atoms with Crippen LogP contribution in [0.3, 0.4) is 0 Å². The van der Waals surface area contributed by atoms with E-state index in [1.54, 1.807) is 36.8 Å². The van der Waals surface area contributed by atoms with Gasteiger partial charge in [0, 0.05) is 16.0 Å². The van der Waals surface area contributed by atoms with Crippen LogP contribution in [0.15, 0.2) is 47.1 Å². The first-order valence-electron chi connectivity index (χ1n) is 12.0. The SMILES string of the molecule is COc1ccccc1[C@@H](c1c(NC(=O)c2ccco2)sc2c1CCCC2)N1CCC(C)CC1. The van der Waals surface area contributed by atoms with Gasteiger partial charge in [-0.1, -0.05) is 25.1 Å². The smallest absolute Gasteiger partial charge is 0.291 e. The molecule has 1 aliphatic carbocycles. The third-order valence-corrected chi connectivity index (χ3v) is 8.30. The second kappa shape index (κ2) is 9.74. The number of para-hydroxylation sites is 1. The molecule has 2 aromatic heterocycles. The molecular weight excluding hydrogens is 432 g/mol. The van der Waals surface area contributed by atoms with Crippen LogP contribution in [-0.4, -0.2) is 31.0 Å². The Hall–Kier alpha value is -2.57. The summed E-state index contributed by atoms with van der Waals surface area (Å²) < 4.78 is 11.2. The Morgan fingerprint density at radius 3 is 2.70 bits per heavy atom. The van der Waals surface area contributed by atoms with Gasteiger partial charge in [0.15, 0.2) is 5.76 Å². The maximum absolute atomic E-state index is 13.0. The van der Waals surface area contributed by atoms with Crippen LogP contribution < -0.4 is 10.1 Å². The summed E-state index contributed by atoms with van der Waals surface area (Å²) in [4.78, 5) is 17.0. The van der Waals surface area contributed by atoms with E-state index >= 15 is 0 Å². The molecule has 1 atom stereocenters. The maximum atomic E-state index is 13.0. The Labute approximate surface area is 199 Å². The Morgan fingerprint density at radius 2 is 1.94 bits per heavy atom. The molecule has 0 saturated carbocycles. The third-order valence-electron chi connectivity index (χ3n) is 7.07. The number of likely N-dealkylation sites (tertiary alicyclic amines) is 1. The van der Waals surface area contributed by atoms with Gasteiger partial charge >= 0.3 is 0 Å². The van der Waals surface area contributed by atoms with Crippen molar-refractivity contribution in [3.8, 4) is 5.75 Å². The quantitative estimate of drug-likeness (QED) is 0.465. The van der Waals surface area contributed by atoms with Gasteiger partial charge < -0.3 is 14.5 Å². The van der Waals surface area contributed by atoms with Crippen molar-refractivity contribution in [2.45, 2.75) is 51.5 Å². The molecule has 0 spiro atoms. The van der Waals surface area contributed by atoms with E-state index in [1.807, 2.05) is 6.07 Å². The van der Waals surface area contributed by atoms with Crippen LogP contribution in [0.4, 0.5) is 5.00 Å². The van der Waals surface area contributed by atoms with Crippen LogP contribution in [0.2, 0.25) is 0 Å². The first-order valence-corrected chi connectivity index (χ1v) is 12.8. The molecule has 33 heavy (non-hydrogen) atoms. The minimum Gasteiger partial charge on any atom is -0.496 e. The van der Waals surface area contributed by atoms with Gasteiger partial charge in [0.2, 0.25) is 0 Å². The first-order chi connectivity index (χ1) is 16.2. The maximum Gasteiger partial charge on any atom is 0.291 e. The highest BCUT2D eigenvalue weighted by Crippen LogP contribution is 2.47.